The summed E-state index contributed by atoms with van der Waals surface area (Å²) < 4.78 is 6.80. The predicted molar refractivity (Wildman–Crippen MR) is 102 cm³/mol. The van der Waals surface area contributed by atoms with Crippen molar-refractivity contribution in [1.29, 1.82) is 0 Å². The number of halogens is 1. The molecule has 0 saturated carbocycles. The van der Waals surface area contributed by atoms with E-state index >= 15 is 0 Å². The smallest absolute Gasteiger partial charge is 0.270 e. The van der Waals surface area contributed by atoms with E-state index in [9.17, 15) is 19.7 Å². The van der Waals surface area contributed by atoms with Crippen LogP contribution in [0.25, 0.3) is 11.3 Å². The largest absolute Gasteiger partial charge is 0.455 e. The number of nitro groups is 1. The van der Waals surface area contributed by atoms with Gasteiger partial charge < -0.3 is 8.98 Å². The molecule has 0 saturated heterocycles. The molecule has 0 radical (unpaired) electrons. The molecule has 0 spiro atoms. The van der Waals surface area contributed by atoms with Crippen LogP contribution in [0, 0.1) is 10.1 Å². The summed E-state index contributed by atoms with van der Waals surface area (Å²) in [5.74, 6) is 0.250. The SMILES string of the molecule is O=C(Cn1ccccc1=O)N/N=C\c1ccc(-c2ccc([N+](=O)[O-])cc2Cl)o1. The Morgan fingerprint density at radius 1 is 1.29 bits per heavy atom. The van der Waals surface area contributed by atoms with E-state index in [0.717, 1.165) is 0 Å². The first-order chi connectivity index (χ1) is 13.4. The van der Waals surface area contributed by atoms with Gasteiger partial charge in [0.15, 0.2) is 0 Å². The number of benzene rings is 1. The highest BCUT2D eigenvalue weighted by Gasteiger charge is 2.13. The highest BCUT2D eigenvalue weighted by Crippen LogP contribution is 2.31. The fraction of sp³-hybridized carbons (Fsp3) is 0.0556. The maximum absolute atomic E-state index is 11.8. The average molecular weight is 401 g/mol. The Hall–Kier alpha value is -3.72. The Bertz CT molecular complexity index is 1120. The molecule has 1 N–H and O–H groups in total. The van der Waals surface area contributed by atoms with Crippen molar-refractivity contribution in [3.8, 4) is 11.3 Å². The summed E-state index contributed by atoms with van der Waals surface area (Å²) in [6.07, 6.45) is 2.78. The number of nitrogens with one attached hydrogen (secondary N) is 1. The van der Waals surface area contributed by atoms with Crippen molar-refractivity contribution in [3.05, 3.63) is 86.0 Å². The van der Waals surface area contributed by atoms with E-state index in [1.54, 1.807) is 24.3 Å². The second kappa shape index (κ2) is 8.31. The molecule has 3 aromatic rings. The molecule has 1 amide bonds. The molecule has 28 heavy (non-hydrogen) atoms. The van der Waals surface area contributed by atoms with Crippen LogP contribution in [0.15, 0.2) is 69.0 Å². The number of non-ortho nitro benzene ring substituents is 1. The van der Waals surface area contributed by atoms with Gasteiger partial charge in [0.2, 0.25) is 0 Å². The molecular weight excluding hydrogens is 388 g/mol. The Labute approximate surface area is 163 Å². The first-order valence-corrected chi connectivity index (χ1v) is 8.33. The molecule has 2 heterocycles. The molecule has 0 aliphatic rings. The maximum atomic E-state index is 11.8. The van der Waals surface area contributed by atoms with Gasteiger partial charge in [-0.15, -0.1) is 0 Å². The van der Waals surface area contributed by atoms with Crippen LogP contribution in [-0.4, -0.2) is 21.6 Å². The van der Waals surface area contributed by atoms with E-state index < -0.39 is 10.8 Å². The first kappa shape index (κ1) is 19.1. The third kappa shape index (κ3) is 4.51. The lowest BCUT2D eigenvalue weighted by Crippen LogP contribution is -2.28. The first-order valence-electron chi connectivity index (χ1n) is 7.95. The Morgan fingerprint density at radius 3 is 2.82 bits per heavy atom. The van der Waals surface area contributed by atoms with Crippen molar-refractivity contribution >= 4 is 29.4 Å². The zero-order valence-electron chi connectivity index (χ0n) is 14.2. The maximum Gasteiger partial charge on any atom is 0.270 e. The Balaban J connectivity index is 1.64. The molecule has 1 aromatic carbocycles. The van der Waals surface area contributed by atoms with Gasteiger partial charge in [0, 0.05) is 30.0 Å². The van der Waals surface area contributed by atoms with Crippen molar-refractivity contribution in [2.45, 2.75) is 6.54 Å². The number of hydrogen-bond donors (Lipinski definition) is 1. The van der Waals surface area contributed by atoms with Gasteiger partial charge in [0.05, 0.1) is 16.2 Å². The quantitative estimate of drug-likeness (QED) is 0.387. The molecule has 0 aliphatic heterocycles. The summed E-state index contributed by atoms with van der Waals surface area (Å²) in [6.45, 7) is -0.168. The number of hydrogen-bond acceptors (Lipinski definition) is 6. The zero-order chi connectivity index (χ0) is 20.1. The van der Waals surface area contributed by atoms with Crippen molar-refractivity contribution in [1.82, 2.24) is 9.99 Å². The van der Waals surface area contributed by atoms with Crippen LogP contribution < -0.4 is 11.0 Å². The predicted octanol–water partition coefficient (Wildman–Crippen LogP) is 2.82. The van der Waals surface area contributed by atoms with Crippen LogP contribution in [0.5, 0.6) is 0 Å². The van der Waals surface area contributed by atoms with Gasteiger partial charge in [0.25, 0.3) is 17.2 Å². The van der Waals surface area contributed by atoms with Gasteiger partial charge in [-0.1, -0.05) is 17.7 Å². The lowest BCUT2D eigenvalue weighted by Gasteiger charge is -2.02. The van der Waals surface area contributed by atoms with Gasteiger partial charge in [-0.2, -0.15) is 5.10 Å². The number of aromatic nitrogens is 1. The third-order valence-electron chi connectivity index (χ3n) is 3.65. The van der Waals surface area contributed by atoms with E-state index in [1.165, 1.54) is 41.2 Å². The van der Waals surface area contributed by atoms with E-state index in [1.807, 2.05) is 0 Å². The van der Waals surface area contributed by atoms with Crippen molar-refractivity contribution in [2.24, 2.45) is 5.10 Å². The minimum atomic E-state index is -0.540. The molecular formula is C18H13ClN4O5. The summed E-state index contributed by atoms with van der Waals surface area (Å²) >= 11 is 6.07. The number of rotatable bonds is 6. The lowest BCUT2D eigenvalue weighted by atomic mass is 10.1. The molecule has 3 rings (SSSR count). The highest BCUT2D eigenvalue weighted by atomic mass is 35.5. The molecule has 0 bridgehead atoms. The number of hydrazone groups is 1. The van der Waals surface area contributed by atoms with Crippen LogP contribution in [0.1, 0.15) is 5.76 Å². The van der Waals surface area contributed by atoms with Gasteiger partial charge in [-0.05, 0) is 24.3 Å². The van der Waals surface area contributed by atoms with Gasteiger partial charge in [-0.3, -0.25) is 19.7 Å². The Kier molecular flexibility index (Phi) is 5.66. The zero-order valence-corrected chi connectivity index (χ0v) is 15.0. The number of carbonyl (C=O) groups excluding carboxylic acids is 1. The minimum absolute atomic E-state index is 0.123. The molecule has 0 aliphatic carbocycles. The molecule has 0 unspecified atom stereocenters. The number of carbonyl (C=O) groups is 1. The van der Waals surface area contributed by atoms with Crippen molar-refractivity contribution < 1.29 is 14.1 Å². The number of pyridine rings is 1. The van der Waals surface area contributed by atoms with Gasteiger partial charge in [-0.25, -0.2) is 5.43 Å². The van der Waals surface area contributed by atoms with Crippen LogP contribution >= 0.6 is 11.6 Å². The fourth-order valence-corrected chi connectivity index (χ4v) is 2.60. The highest BCUT2D eigenvalue weighted by molar-refractivity contribution is 6.33. The van der Waals surface area contributed by atoms with E-state index in [-0.39, 0.29) is 22.8 Å². The van der Waals surface area contributed by atoms with E-state index in [2.05, 4.69) is 10.5 Å². The third-order valence-corrected chi connectivity index (χ3v) is 3.96. The summed E-state index contributed by atoms with van der Waals surface area (Å²) in [4.78, 5) is 33.6. The molecule has 2 aromatic heterocycles. The van der Waals surface area contributed by atoms with E-state index in [4.69, 9.17) is 16.0 Å². The van der Waals surface area contributed by atoms with Crippen molar-refractivity contribution in [2.75, 3.05) is 0 Å². The van der Waals surface area contributed by atoms with Crippen LogP contribution in [0.4, 0.5) is 5.69 Å². The van der Waals surface area contributed by atoms with Crippen molar-refractivity contribution in [3.63, 3.8) is 0 Å². The standard InChI is InChI=1S/C18H13ClN4O5/c19-15-9-12(23(26)27)4-6-14(15)16-7-5-13(28-16)10-20-21-17(24)11-22-8-2-1-3-18(22)25/h1-10H,11H2,(H,21,24)/b20-10-. The number of amides is 1. The number of furan rings is 1. The number of nitrogens with zero attached hydrogens (tertiary/aromatic N) is 3. The van der Waals surface area contributed by atoms with E-state index in [0.29, 0.717) is 17.1 Å². The topological polar surface area (TPSA) is 120 Å². The average Bonchev–Trinajstić information content (AvgIpc) is 3.12. The minimum Gasteiger partial charge on any atom is -0.455 e. The van der Waals surface area contributed by atoms with Gasteiger partial charge >= 0.3 is 0 Å². The van der Waals surface area contributed by atoms with Gasteiger partial charge in [0.1, 0.15) is 18.1 Å². The molecule has 0 atom stereocenters. The summed E-state index contributed by atoms with van der Waals surface area (Å²) in [6, 6.07) is 11.8. The van der Waals surface area contributed by atoms with Crippen LogP contribution in [-0.2, 0) is 11.3 Å². The molecule has 9 nitrogen and oxygen atoms in total. The summed E-state index contributed by atoms with van der Waals surface area (Å²) in [5.41, 5.74) is 2.37. The monoisotopic (exact) mass is 400 g/mol. The number of nitro benzene ring substituents is 1. The molecule has 10 heteroatoms. The fourth-order valence-electron chi connectivity index (χ4n) is 2.33. The van der Waals surface area contributed by atoms with Crippen LogP contribution in [0.2, 0.25) is 5.02 Å². The Morgan fingerprint density at radius 2 is 2.11 bits per heavy atom. The van der Waals surface area contributed by atoms with Crippen LogP contribution in [0.3, 0.4) is 0 Å². The lowest BCUT2D eigenvalue weighted by molar-refractivity contribution is -0.384. The molecule has 0 fully saturated rings. The molecule has 142 valence electrons. The normalized spacial score (nSPS) is 10.9. The summed E-state index contributed by atoms with van der Waals surface area (Å²) in [5, 5.41) is 14.7. The summed E-state index contributed by atoms with van der Waals surface area (Å²) in [7, 11) is 0. The second-order valence-electron chi connectivity index (χ2n) is 5.58. The second-order valence-corrected chi connectivity index (χ2v) is 5.99.